The van der Waals surface area contributed by atoms with Crippen LogP contribution in [0.1, 0.15) is 47.4 Å². The summed E-state index contributed by atoms with van der Waals surface area (Å²) in [6.07, 6.45) is -4.26. The molecule has 12 heteroatoms. The average Bonchev–Trinajstić information content (AvgIpc) is 2.90. The zero-order valence-electron chi connectivity index (χ0n) is 20.3. The highest BCUT2D eigenvalue weighted by molar-refractivity contribution is 6.40. The highest BCUT2D eigenvalue weighted by Gasteiger charge is 2.36. The van der Waals surface area contributed by atoms with Crippen LogP contribution in [0.15, 0.2) is 47.6 Å². The van der Waals surface area contributed by atoms with Crippen molar-refractivity contribution in [3.05, 3.63) is 59.2 Å². The Morgan fingerprint density at radius 1 is 1.16 bits per heavy atom. The van der Waals surface area contributed by atoms with E-state index in [4.69, 9.17) is 10.5 Å². The Kier molecular flexibility index (Phi) is 8.53. The topological polar surface area (TPSA) is 121 Å². The number of aldehydes is 1. The summed E-state index contributed by atoms with van der Waals surface area (Å²) in [5.74, 6) is -2.71. The Morgan fingerprint density at radius 3 is 2.38 bits per heavy atom. The molecule has 9 nitrogen and oxygen atoms in total. The van der Waals surface area contributed by atoms with Gasteiger partial charge in [-0.1, -0.05) is 31.2 Å². The zero-order valence-corrected chi connectivity index (χ0v) is 20.3. The number of nitrogens with zero attached hydrogens (tertiary/aromatic N) is 2. The first-order valence-corrected chi connectivity index (χ1v) is 11.3. The SMILES string of the molecule is CCC1CC(C=O)N(C(N)c2ccc(C(=O)C(=O)OC)cc2)N=C1c1ccc(OC)c(OC(F)(F)F)c1. The second-order valence-corrected chi connectivity index (χ2v) is 8.21. The largest absolute Gasteiger partial charge is 0.573 e. The van der Waals surface area contributed by atoms with Crippen LogP contribution in [0.4, 0.5) is 13.2 Å². The number of Topliss-reactive ketones (excluding diaryl/α,β-unsaturated/α-hetero) is 1. The maximum absolute atomic E-state index is 13.0. The second-order valence-electron chi connectivity index (χ2n) is 8.21. The van der Waals surface area contributed by atoms with Crippen LogP contribution in [0.2, 0.25) is 0 Å². The van der Waals surface area contributed by atoms with Gasteiger partial charge in [-0.15, -0.1) is 13.2 Å². The van der Waals surface area contributed by atoms with Gasteiger partial charge in [-0.25, -0.2) is 4.79 Å². The Labute approximate surface area is 211 Å². The monoisotopic (exact) mass is 521 g/mol. The minimum absolute atomic E-state index is 0.0963. The lowest BCUT2D eigenvalue weighted by Gasteiger charge is -2.38. The molecular formula is C25H26F3N3O6. The maximum Gasteiger partial charge on any atom is 0.573 e. The van der Waals surface area contributed by atoms with Crippen molar-refractivity contribution in [2.24, 2.45) is 16.8 Å². The fraction of sp³-hybridized carbons (Fsp3) is 0.360. The number of hydrogen-bond donors (Lipinski definition) is 1. The van der Waals surface area contributed by atoms with Gasteiger partial charge in [0, 0.05) is 17.0 Å². The summed E-state index contributed by atoms with van der Waals surface area (Å²) in [6.45, 7) is 1.88. The smallest absolute Gasteiger partial charge is 0.493 e. The van der Waals surface area contributed by atoms with Crippen LogP contribution in [0, 0.1) is 5.92 Å². The van der Waals surface area contributed by atoms with Crippen LogP contribution in [0.5, 0.6) is 11.5 Å². The van der Waals surface area contributed by atoms with Crippen molar-refractivity contribution in [3.8, 4) is 11.5 Å². The number of benzene rings is 2. The number of hydrogen-bond acceptors (Lipinski definition) is 9. The Balaban J connectivity index is 2.00. The van der Waals surface area contributed by atoms with E-state index in [1.807, 2.05) is 6.92 Å². The fourth-order valence-electron chi connectivity index (χ4n) is 4.07. The van der Waals surface area contributed by atoms with E-state index < -0.39 is 36.1 Å². The third-order valence-corrected chi connectivity index (χ3v) is 5.98. The van der Waals surface area contributed by atoms with Gasteiger partial charge >= 0.3 is 12.3 Å². The van der Waals surface area contributed by atoms with Crippen molar-refractivity contribution in [2.75, 3.05) is 14.2 Å². The molecule has 0 amide bonds. The molecule has 0 aromatic heterocycles. The number of carbonyl (C=O) groups is 3. The lowest BCUT2D eigenvalue weighted by molar-refractivity contribution is -0.275. The van der Waals surface area contributed by atoms with Gasteiger partial charge in [0.05, 0.1) is 19.9 Å². The number of carbonyl (C=O) groups excluding carboxylic acids is 3. The van der Waals surface area contributed by atoms with E-state index in [2.05, 4.69) is 14.6 Å². The molecule has 2 N–H and O–H groups in total. The molecule has 3 rings (SSSR count). The van der Waals surface area contributed by atoms with Gasteiger partial charge in [-0.05, 0) is 36.6 Å². The van der Waals surface area contributed by atoms with Crippen LogP contribution in [0.25, 0.3) is 0 Å². The van der Waals surface area contributed by atoms with Crippen molar-refractivity contribution < 1.29 is 41.8 Å². The van der Waals surface area contributed by atoms with Gasteiger partial charge in [0.15, 0.2) is 11.5 Å². The quantitative estimate of drug-likeness (QED) is 0.230. The zero-order chi connectivity index (χ0) is 27.3. The maximum atomic E-state index is 13.0. The Bertz CT molecular complexity index is 1180. The minimum atomic E-state index is -4.93. The van der Waals surface area contributed by atoms with Gasteiger partial charge in [0.25, 0.3) is 5.78 Å². The van der Waals surface area contributed by atoms with Crippen LogP contribution in [-0.2, 0) is 14.3 Å². The average molecular weight is 521 g/mol. The minimum Gasteiger partial charge on any atom is -0.493 e. The molecule has 1 aliphatic rings. The van der Waals surface area contributed by atoms with E-state index in [0.29, 0.717) is 36.0 Å². The van der Waals surface area contributed by atoms with Crippen LogP contribution in [-0.4, -0.2) is 55.4 Å². The number of ketones is 1. The van der Waals surface area contributed by atoms with Crippen LogP contribution in [0.3, 0.4) is 0 Å². The molecule has 37 heavy (non-hydrogen) atoms. The van der Waals surface area contributed by atoms with Crippen molar-refractivity contribution >= 4 is 23.8 Å². The lowest BCUT2D eigenvalue weighted by Crippen LogP contribution is -2.46. The van der Waals surface area contributed by atoms with Crippen LogP contribution < -0.4 is 15.2 Å². The summed E-state index contributed by atoms with van der Waals surface area (Å²) in [7, 11) is 2.32. The molecule has 0 fully saturated rings. The number of esters is 1. The summed E-state index contributed by atoms with van der Waals surface area (Å²) >= 11 is 0. The van der Waals surface area contributed by atoms with E-state index >= 15 is 0 Å². The van der Waals surface area contributed by atoms with E-state index in [9.17, 15) is 27.6 Å². The molecule has 0 spiro atoms. The number of halogens is 3. The standard InChI is InChI=1S/C25H26F3N3O6/c1-4-14-11-18(13-32)31(23(29)16-7-5-15(6-8-16)22(33)24(34)36-3)30-21(14)17-9-10-19(35-2)20(12-17)37-25(26,27)28/h5-10,12-14,18,23H,4,11,29H2,1-3H3. The number of hydrazone groups is 1. The van der Waals surface area contributed by atoms with Gasteiger partial charge in [-0.3, -0.25) is 9.80 Å². The van der Waals surface area contributed by atoms with E-state index in [0.717, 1.165) is 7.11 Å². The third kappa shape index (κ3) is 6.26. The molecule has 0 bridgehead atoms. The fourth-order valence-corrected chi connectivity index (χ4v) is 4.07. The first kappa shape index (κ1) is 27.7. The predicted octanol–water partition coefficient (Wildman–Crippen LogP) is 3.61. The van der Waals surface area contributed by atoms with E-state index in [1.165, 1.54) is 48.5 Å². The van der Waals surface area contributed by atoms with E-state index in [1.54, 1.807) is 6.07 Å². The molecule has 198 valence electrons. The summed E-state index contributed by atoms with van der Waals surface area (Å²) in [5, 5.41) is 5.98. The van der Waals surface area contributed by atoms with Crippen molar-refractivity contribution in [3.63, 3.8) is 0 Å². The molecular weight excluding hydrogens is 495 g/mol. The summed E-state index contributed by atoms with van der Waals surface area (Å²) < 4.78 is 52.4. The first-order valence-electron chi connectivity index (χ1n) is 11.3. The van der Waals surface area contributed by atoms with Gasteiger partial charge in [0.2, 0.25) is 0 Å². The Hall–Kier alpha value is -3.93. The van der Waals surface area contributed by atoms with Crippen molar-refractivity contribution in [2.45, 2.75) is 38.3 Å². The molecule has 0 saturated heterocycles. The van der Waals surface area contributed by atoms with Crippen LogP contribution >= 0.6 is 0 Å². The summed E-state index contributed by atoms with van der Waals surface area (Å²) in [4.78, 5) is 35.4. The molecule has 1 aliphatic heterocycles. The first-order chi connectivity index (χ1) is 17.5. The second kappa shape index (κ2) is 11.4. The molecule has 0 radical (unpaired) electrons. The molecule has 0 aliphatic carbocycles. The molecule has 3 atom stereocenters. The van der Waals surface area contributed by atoms with Gasteiger partial charge in [-0.2, -0.15) is 5.10 Å². The molecule has 2 aromatic rings. The van der Waals surface area contributed by atoms with Gasteiger partial charge in [0.1, 0.15) is 18.5 Å². The number of ether oxygens (including phenoxy) is 3. The van der Waals surface area contributed by atoms with E-state index in [-0.39, 0.29) is 17.2 Å². The number of methoxy groups -OCH3 is 2. The highest BCUT2D eigenvalue weighted by atomic mass is 19.4. The predicted molar refractivity (Wildman–Crippen MR) is 126 cm³/mol. The van der Waals surface area contributed by atoms with Crippen molar-refractivity contribution in [1.82, 2.24) is 5.01 Å². The number of nitrogens with two attached hydrogens (primary N) is 1. The summed E-state index contributed by atoms with van der Waals surface area (Å²) in [6, 6.07) is 9.23. The number of rotatable bonds is 9. The Morgan fingerprint density at radius 2 is 1.84 bits per heavy atom. The highest BCUT2D eigenvalue weighted by Crippen LogP contribution is 2.36. The van der Waals surface area contributed by atoms with Gasteiger partial charge < -0.3 is 24.7 Å². The number of alkyl halides is 3. The van der Waals surface area contributed by atoms with Crippen molar-refractivity contribution in [1.29, 1.82) is 0 Å². The lowest BCUT2D eigenvalue weighted by atomic mass is 9.87. The molecule has 2 aromatic carbocycles. The summed E-state index contributed by atoms with van der Waals surface area (Å²) in [5.41, 5.74) is 7.80. The molecule has 0 saturated carbocycles. The normalized spacial score (nSPS) is 18.5. The third-order valence-electron chi connectivity index (χ3n) is 5.98. The molecule has 1 heterocycles. The molecule has 3 unspecified atom stereocenters.